The molecule has 3 aromatic heterocycles. The Labute approximate surface area is 429 Å². The molecule has 4 aliphatic rings. The normalized spacial score (nSPS) is 20.5. The highest BCUT2D eigenvalue weighted by Gasteiger charge is 2.33. The third-order valence-corrected chi connectivity index (χ3v) is 16.8. The molecule has 1 saturated carbocycles. The molecule has 3 fully saturated rings. The number of piperidine rings is 2. The number of thiazole rings is 1. The highest BCUT2D eigenvalue weighted by molar-refractivity contribution is 7.22. The number of aromatic carboxylic acids is 1. The second kappa shape index (κ2) is 20.9. The second-order valence-corrected chi connectivity index (χ2v) is 21.6. The minimum absolute atomic E-state index is 0.0166. The van der Waals surface area contributed by atoms with Crippen molar-refractivity contribution >= 4 is 67.1 Å². The number of amides is 3. The van der Waals surface area contributed by atoms with Crippen LogP contribution in [0.25, 0.3) is 32.2 Å². The van der Waals surface area contributed by atoms with Gasteiger partial charge in [-0.15, -0.1) is 0 Å². The zero-order valence-electron chi connectivity index (χ0n) is 41.6. The Morgan fingerprint density at radius 3 is 2.56 bits per heavy atom. The van der Waals surface area contributed by atoms with E-state index >= 15 is 0 Å². The van der Waals surface area contributed by atoms with E-state index in [1.54, 1.807) is 0 Å². The first-order valence-electron chi connectivity index (χ1n) is 26.1. The quantitative estimate of drug-likeness (QED) is 0.0699. The summed E-state index contributed by atoms with van der Waals surface area (Å²) in [6.07, 6.45) is 11.9. The molecule has 3 N–H and O–H groups in total. The zero-order chi connectivity index (χ0) is 50.2. The molecule has 6 heterocycles. The molecule has 1 aliphatic carbocycles. The number of ether oxygens (including phenoxy) is 1. The molecular weight excluding hydrogens is 937 g/mol. The van der Waals surface area contributed by atoms with Crippen LogP contribution in [-0.2, 0) is 29.6 Å². The molecule has 7 aromatic rings. The third kappa shape index (κ3) is 10.2. The predicted octanol–water partition coefficient (Wildman–Crippen LogP) is 10.6. The molecule has 3 aliphatic heterocycles. The molecule has 14 nitrogen and oxygen atoms in total. The smallest absolute Gasteiger partial charge is 0.355 e. The van der Waals surface area contributed by atoms with Crippen LogP contribution in [0.3, 0.4) is 0 Å². The Bertz CT molecular complexity index is 3220. The molecule has 0 unspecified atom stereocenters. The molecule has 0 radical (unpaired) electrons. The van der Waals surface area contributed by atoms with E-state index in [0.29, 0.717) is 66.3 Å². The first-order valence-corrected chi connectivity index (χ1v) is 26.9. The summed E-state index contributed by atoms with van der Waals surface area (Å²) in [7, 11) is 1.94. The van der Waals surface area contributed by atoms with Crippen molar-refractivity contribution in [3.63, 3.8) is 0 Å². The first-order chi connectivity index (χ1) is 35.5. The number of carbonyl (C=O) groups excluding carboxylic acids is 3. The lowest BCUT2D eigenvalue weighted by atomic mass is 9.84. The summed E-state index contributed by atoms with van der Waals surface area (Å²) in [5.74, 6) is 0.305. The fourth-order valence-electron chi connectivity index (χ4n) is 11.9. The number of imide groups is 1. The molecule has 4 aromatic carbocycles. The number of likely N-dealkylation sites (tertiary alicyclic amines) is 1. The van der Waals surface area contributed by atoms with Crippen molar-refractivity contribution in [2.45, 2.75) is 108 Å². The average Bonchev–Trinajstić information content (AvgIpc) is 3.97. The van der Waals surface area contributed by atoms with Gasteiger partial charge in [-0.2, -0.15) is 5.10 Å². The standard InChI is InChI=1S/C58H62N8O6S/c1-35-41(42-24-26-51(60-54(42)57(70)71)66-31-28-37-11-7-14-43(46(37)34-66)55(68)62-58-59-47-15-3-4-17-50(47)73-58)13-8-16-49(35)72-40-21-18-36(19-22-40)10-5-6-29-65-30-9-12-39(33-65)38-20-23-44-48(32-38)64(2)63-53(44)45-25-27-52(67)61-56(45)69/h3-4,7-8,11,13-17,20,23-24,26,32,36,39-40,45H,5-6,9-10,12,18-19,21-22,25,27-31,33-34H2,1-2H3,(H,70,71)(H,59,62,68)(H,61,67,69)/t36?,39-,40?,45+/m1/s1. The molecule has 11 rings (SSSR count). The number of aryl methyl sites for hydroxylation is 1. The number of para-hydroxylation sites is 1. The summed E-state index contributed by atoms with van der Waals surface area (Å²) in [6.45, 7) is 6.36. The number of fused-ring (bicyclic) bond motifs is 3. The summed E-state index contributed by atoms with van der Waals surface area (Å²) in [4.78, 5) is 65.0. The van der Waals surface area contributed by atoms with Gasteiger partial charge < -0.3 is 19.6 Å². The Balaban J connectivity index is 0.666. The number of nitrogens with one attached hydrogen (secondary N) is 2. The maximum Gasteiger partial charge on any atom is 0.355 e. The summed E-state index contributed by atoms with van der Waals surface area (Å²) in [5, 5.41) is 22.3. The van der Waals surface area contributed by atoms with Gasteiger partial charge in [0.1, 0.15) is 11.6 Å². The molecule has 0 bridgehead atoms. The Hall–Kier alpha value is -6.97. The van der Waals surface area contributed by atoms with Crippen molar-refractivity contribution in [3.8, 4) is 16.9 Å². The van der Waals surface area contributed by atoms with E-state index in [-0.39, 0.29) is 29.5 Å². The number of hydrogen-bond donors (Lipinski definition) is 3. The lowest BCUT2D eigenvalue weighted by Gasteiger charge is -2.33. The van der Waals surface area contributed by atoms with Crippen LogP contribution in [0.4, 0.5) is 10.9 Å². The van der Waals surface area contributed by atoms with E-state index in [2.05, 4.69) is 49.7 Å². The van der Waals surface area contributed by atoms with Crippen LogP contribution in [0.1, 0.15) is 131 Å². The number of carboxylic acid groups (broad SMARTS) is 1. The molecule has 73 heavy (non-hydrogen) atoms. The van der Waals surface area contributed by atoms with Crippen molar-refractivity contribution in [3.05, 3.63) is 130 Å². The van der Waals surface area contributed by atoms with Gasteiger partial charge >= 0.3 is 5.97 Å². The van der Waals surface area contributed by atoms with Gasteiger partial charge in [0.25, 0.3) is 5.91 Å². The van der Waals surface area contributed by atoms with Gasteiger partial charge in [-0.3, -0.25) is 29.7 Å². The number of anilines is 2. The minimum atomic E-state index is -1.10. The van der Waals surface area contributed by atoms with Crippen LogP contribution < -0.4 is 20.3 Å². The largest absolute Gasteiger partial charge is 0.490 e. The van der Waals surface area contributed by atoms with E-state index in [1.165, 1.54) is 42.6 Å². The monoisotopic (exact) mass is 998 g/mol. The number of carboxylic acids is 1. The summed E-state index contributed by atoms with van der Waals surface area (Å²) < 4.78 is 9.59. The molecule has 15 heteroatoms. The van der Waals surface area contributed by atoms with Crippen molar-refractivity contribution < 1.29 is 29.0 Å². The first kappa shape index (κ1) is 48.3. The Kier molecular flexibility index (Phi) is 13.8. The fraction of sp³-hybridized carbons (Fsp3) is 0.397. The lowest BCUT2D eigenvalue weighted by molar-refractivity contribution is -0.134. The molecule has 2 atom stereocenters. The van der Waals surface area contributed by atoms with E-state index in [1.807, 2.05) is 85.4 Å². The van der Waals surface area contributed by atoms with Gasteiger partial charge in [-0.25, -0.2) is 14.8 Å². The van der Waals surface area contributed by atoms with Crippen molar-refractivity contribution in [2.75, 3.05) is 36.4 Å². The summed E-state index contributed by atoms with van der Waals surface area (Å²) >= 11 is 1.44. The Morgan fingerprint density at radius 2 is 1.73 bits per heavy atom. The second-order valence-electron chi connectivity index (χ2n) is 20.5. The van der Waals surface area contributed by atoms with Crippen LogP contribution in [-0.4, -0.2) is 85.7 Å². The van der Waals surface area contributed by atoms with Crippen molar-refractivity contribution in [1.29, 1.82) is 0 Å². The number of nitrogens with zero attached hydrogens (tertiary/aromatic N) is 6. The van der Waals surface area contributed by atoms with E-state index in [4.69, 9.17) is 14.8 Å². The van der Waals surface area contributed by atoms with E-state index in [0.717, 1.165) is 107 Å². The number of benzene rings is 4. The number of hydrogen-bond acceptors (Lipinski definition) is 11. The van der Waals surface area contributed by atoms with Gasteiger partial charge in [0, 0.05) is 49.6 Å². The molecule has 3 amide bonds. The van der Waals surface area contributed by atoms with Crippen LogP contribution >= 0.6 is 11.3 Å². The number of carbonyl (C=O) groups is 4. The summed E-state index contributed by atoms with van der Waals surface area (Å²) in [5.41, 5.74) is 8.74. The molecule has 376 valence electrons. The van der Waals surface area contributed by atoms with Gasteiger partial charge in [0.15, 0.2) is 10.8 Å². The van der Waals surface area contributed by atoms with Crippen LogP contribution in [0.2, 0.25) is 0 Å². The third-order valence-electron chi connectivity index (χ3n) is 15.9. The zero-order valence-corrected chi connectivity index (χ0v) is 42.4. The lowest BCUT2D eigenvalue weighted by Crippen LogP contribution is -2.39. The van der Waals surface area contributed by atoms with Crippen LogP contribution in [0.5, 0.6) is 5.75 Å². The average molecular weight is 999 g/mol. The van der Waals surface area contributed by atoms with Gasteiger partial charge in [0.2, 0.25) is 11.8 Å². The predicted molar refractivity (Wildman–Crippen MR) is 285 cm³/mol. The molecular formula is C58H62N8O6S. The van der Waals surface area contributed by atoms with Gasteiger partial charge in [0.05, 0.1) is 33.4 Å². The van der Waals surface area contributed by atoms with E-state index in [9.17, 15) is 24.3 Å². The number of aromatic nitrogens is 4. The number of pyridine rings is 1. The Morgan fingerprint density at radius 1 is 0.877 bits per heavy atom. The number of rotatable bonds is 14. The van der Waals surface area contributed by atoms with Crippen LogP contribution in [0, 0.1) is 12.8 Å². The summed E-state index contributed by atoms with van der Waals surface area (Å²) in [6, 6.07) is 29.8. The van der Waals surface area contributed by atoms with Crippen molar-refractivity contribution in [2.24, 2.45) is 13.0 Å². The minimum Gasteiger partial charge on any atom is -0.490 e. The maximum atomic E-state index is 13.7. The van der Waals surface area contributed by atoms with Crippen LogP contribution in [0.15, 0.2) is 91.0 Å². The molecule has 0 spiro atoms. The molecule has 2 saturated heterocycles. The fourth-order valence-corrected chi connectivity index (χ4v) is 12.8. The maximum absolute atomic E-state index is 13.7. The highest BCUT2D eigenvalue weighted by Crippen LogP contribution is 2.39. The van der Waals surface area contributed by atoms with Gasteiger partial charge in [-0.1, -0.05) is 72.7 Å². The van der Waals surface area contributed by atoms with E-state index < -0.39 is 11.9 Å². The highest BCUT2D eigenvalue weighted by atomic mass is 32.1. The topological polar surface area (TPSA) is 172 Å². The van der Waals surface area contributed by atoms with Crippen molar-refractivity contribution in [1.82, 2.24) is 30.0 Å². The number of unbranched alkanes of at least 4 members (excludes halogenated alkanes) is 1. The van der Waals surface area contributed by atoms with Gasteiger partial charge in [-0.05, 0) is 160 Å². The SMILES string of the molecule is Cc1c(OC2CCC(CCCCN3CCC[C@@H](c4ccc5c([C@@H]6CCC(=O)NC6=O)nn(C)c5c4)C3)CC2)cccc1-c1ccc(N2CCc3cccc(C(=O)Nc4nc5ccccc5s4)c3C2)nc1C(=O)O.